The number of nitrogens with zero attached hydrogens (tertiary/aromatic N) is 9. The fraction of sp³-hybridized carbons (Fsp3) is 0.400. The highest BCUT2D eigenvalue weighted by molar-refractivity contribution is 5.89. The average molecular weight is 848 g/mol. The average Bonchev–Trinajstić information content (AvgIpc) is 4.11. The van der Waals surface area contributed by atoms with Gasteiger partial charge in [0.15, 0.2) is 0 Å². The van der Waals surface area contributed by atoms with Gasteiger partial charge >= 0.3 is 0 Å². The Morgan fingerprint density at radius 1 is 0.651 bits per heavy atom. The molecule has 0 radical (unpaired) electrons. The minimum Gasteiger partial charge on any atom is -0.399 e. The number of nitrogens with one attached hydrogen (secondary N) is 3. The van der Waals surface area contributed by atoms with Gasteiger partial charge in [-0.1, -0.05) is 44.9 Å². The molecule has 5 N–H and O–H groups in total. The zero-order chi connectivity index (χ0) is 44.2. The summed E-state index contributed by atoms with van der Waals surface area (Å²) < 4.78 is 8.51. The highest BCUT2D eigenvalue weighted by Crippen LogP contribution is 2.33. The number of hydrogen-bond acceptors (Lipinski definition) is 9. The van der Waals surface area contributed by atoms with Crippen LogP contribution in [0.15, 0.2) is 74.9 Å². The van der Waals surface area contributed by atoms with Crippen molar-refractivity contribution in [3.63, 3.8) is 0 Å². The zero-order valence-corrected chi connectivity index (χ0v) is 37.9. The minimum absolute atomic E-state index is 0.531. The topological polar surface area (TPSA) is 137 Å². The first-order valence-electron chi connectivity index (χ1n) is 22.8. The van der Waals surface area contributed by atoms with Crippen molar-refractivity contribution in [3.8, 4) is 0 Å². The number of hydrogen-bond donors (Lipinski definition) is 4. The van der Waals surface area contributed by atoms with Crippen molar-refractivity contribution in [2.75, 3.05) is 36.8 Å². The molecule has 13 heteroatoms. The molecule has 0 saturated carbocycles. The Balaban J connectivity index is 1.16. The molecule has 0 aliphatic carbocycles. The summed E-state index contributed by atoms with van der Waals surface area (Å²) >= 11 is 0. The van der Waals surface area contributed by atoms with Gasteiger partial charge in [0.1, 0.15) is 0 Å². The molecule has 1 saturated heterocycles. The van der Waals surface area contributed by atoms with Crippen molar-refractivity contribution in [1.82, 2.24) is 48.9 Å². The van der Waals surface area contributed by atoms with E-state index in [1.54, 1.807) is 0 Å². The molecule has 4 aromatic heterocycles. The second-order valence-corrected chi connectivity index (χ2v) is 17.1. The number of nitrogens with two attached hydrogens (primary N) is 1. The van der Waals surface area contributed by atoms with Gasteiger partial charge in [0.2, 0.25) is 11.9 Å². The molecule has 6 aromatic rings. The van der Waals surface area contributed by atoms with Crippen LogP contribution in [0.25, 0.3) is 44.9 Å². The van der Waals surface area contributed by atoms with Gasteiger partial charge in [-0.25, -0.2) is 9.97 Å². The summed E-state index contributed by atoms with van der Waals surface area (Å²) in [6.07, 6.45) is 13.0. The summed E-state index contributed by atoms with van der Waals surface area (Å²) in [5, 5.41) is 20.2. The number of benzene rings is 2. The number of rotatable bonds is 15. The van der Waals surface area contributed by atoms with E-state index in [1.807, 2.05) is 29.3 Å². The van der Waals surface area contributed by atoms with Crippen LogP contribution >= 0.6 is 0 Å². The molecule has 13 nitrogen and oxygen atoms in total. The van der Waals surface area contributed by atoms with Gasteiger partial charge in [0.05, 0.1) is 56.2 Å². The Hall–Kier alpha value is -6.34. The molecular weight excluding hydrogens is 783 g/mol. The van der Waals surface area contributed by atoms with Gasteiger partial charge in [-0.2, -0.15) is 10.2 Å². The van der Waals surface area contributed by atoms with Gasteiger partial charge < -0.3 is 35.7 Å². The fourth-order valence-electron chi connectivity index (χ4n) is 9.27. The summed E-state index contributed by atoms with van der Waals surface area (Å²) in [7, 11) is 0. The van der Waals surface area contributed by atoms with E-state index in [1.165, 1.54) is 37.1 Å². The van der Waals surface area contributed by atoms with Crippen LogP contribution in [0.5, 0.6) is 0 Å². The molecule has 330 valence electrons. The van der Waals surface area contributed by atoms with E-state index in [4.69, 9.17) is 20.8 Å². The lowest BCUT2D eigenvalue weighted by Crippen LogP contribution is -2.24. The predicted molar refractivity (Wildman–Crippen MR) is 261 cm³/mol. The zero-order valence-electron chi connectivity index (χ0n) is 37.9. The Kier molecular flexibility index (Phi) is 13.0. The number of likely N-dealkylation sites (tertiary alicyclic amines) is 1. The largest absolute Gasteiger partial charge is 0.399 e. The molecule has 0 amide bonds. The molecule has 0 spiro atoms. The van der Waals surface area contributed by atoms with Crippen molar-refractivity contribution in [3.05, 3.63) is 120 Å². The third kappa shape index (κ3) is 9.39. The first-order chi connectivity index (χ1) is 30.5. The molecule has 2 aliphatic rings. The van der Waals surface area contributed by atoms with Gasteiger partial charge in [-0.3, -0.25) is 9.36 Å². The number of allylic oxidation sites excluding steroid dienone is 2. The Bertz CT molecular complexity index is 2710. The van der Waals surface area contributed by atoms with E-state index in [9.17, 15) is 0 Å². The summed E-state index contributed by atoms with van der Waals surface area (Å²) in [5.74, 6) is 1.44. The number of anilines is 2. The molecule has 1 fully saturated rings. The van der Waals surface area contributed by atoms with Crippen LogP contribution in [-0.4, -0.2) is 69.7 Å². The lowest BCUT2D eigenvalue weighted by molar-refractivity contribution is 0.334. The molecule has 8 rings (SSSR count). The Labute approximate surface area is 372 Å². The number of imidazole rings is 2. The van der Waals surface area contributed by atoms with Crippen LogP contribution < -0.4 is 21.7 Å². The molecule has 6 heterocycles. The Morgan fingerprint density at radius 2 is 1.16 bits per heavy atom. The van der Waals surface area contributed by atoms with Gasteiger partial charge in [0.25, 0.3) is 0 Å². The lowest BCUT2D eigenvalue weighted by atomic mass is 9.98. The third-order valence-corrected chi connectivity index (χ3v) is 12.4. The van der Waals surface area contributed by atoms with Crippen LogP contribution in [0.3, 0.4) is 0 Å². The second-order valence-electron chi connectivity index (χ2n) is 17.1. The van der Waals surface area contributed by atoms with Gasteiger partial charge in [0, 0.05) is 44.1 Å². The smallest absolute Gasteiger partial charge is 0.208 e. The highest BCUT2D eigenvalue weighted by Gasteiger charge is 2.21. The van der Waals surface area contributed by atoms with Crippen LogP contribution in [0, 0.1) is 13.8 Å². The maximum atomic E-state index is 6.35. The van der Waals surface area contributed by atoms with Crippen molar-refractivity contribution in [2.45, 2.75) is 105 Å². The standard InChI is InChI=1S/C50H65N13/c1-9-62-45(27-33(3)57-62)37(7)53-49-55-43-31-41(35(5)51)29-39-19-12-11-13-20-40-30-42(36(6)52-21-18-24-59-22-14-15-23-59)32-44-48(40)61(26-17-16-25-60(49)47(39)43)50(56-44)54-38(8)46-28-34(4)58-63(46)10-2/h16-17,27-32,52H,5-15,18-26,51H2,1-4H3,(H,53,55)(H,54,56)/b17-16+. The normalized spacial score (nSPS) is 15.3. The maximum absolute atomic E-state index is 6.35. The van der Waals surface area contributed by atoms with E-state index in [2.05, 4.69) is 118 Å². The molecular formula is C50H65N13. The monoisotopic (exact) mass is 848 g/mol. The first kappa shape index (κ1) is 43.3. The second kappa shape index (κ2) is 19.0. The summed E-state index contributed by atoms with van der Waals surface area (Å²) in [6.45, 7) is 32.8. The first-order valence-corrected chi connectivity index (χ1v) is 22.8. The summed E-state index contributed by atoms with van der Waals surface area (Å²) in [6, 6.07) is 12.9. The maximum Gasteiger partial charge on any atom is 0.208 e. The van der Waals surface area contributed by atoms with Crippen LogP contribution in [0.4, 0.5) is 11.9 Å². The van der Waals surface area contributed by atoms with E-state index < -0.39 is 0 Å². The molecule has 2 aliphatic heterocycles. The Morgan fingerprint density at radius 3 is 1.67 bits per heavy atom. The van der Waals surface area contributed by atoms with Crippen LogP contribution in [0.1, 0.15) is 97.4 Å². The van der Waals surface area contributed by atoms with Crippen molar-refractivity contribution in [2.24, 2.45) is 5.73 Å². The lowest BCUT2D eigenvalue weighted by Gasteiger charge is -2.17. The molecule has 2 aromatic carbocycles. The van der Waals surface area contributed by atoms with Gasteiger partial charge in [-0.15, -0.1) is 0 Å². The van der Waals surface area contributed by atoms with Crippen molar-refractivity contribution >= 4 is 56.8 Å². The highest BCUT2D eigenvalue weighted by atomic mass is 15.3. The van der Waals surface area contributed by atoms with E-state index >= 15 is 0 Å². The van der Waals surface area contributed by atoms with Crippen molar-refractivity contribution in [1.29, 1.82) is 0 Å². The van der Waals surface area contributed by atoms with E-state index in [0.29, 0.717) is 24.7 Å². The van der Waals surface area contributed by atoms with E-state index in [0.717, 1.165) is 144 Å². The fourth-order valence-corrected chi connectivity index (χ4v) is 9.27. The molecule has 63 heavy (non-hydrogen) atoms. The van der Waals surface area contributed by atoms with Gasteiger partial charge in [-0.05, 0) is 151 Å². The van der Waals surface area contributed by atoms with E-state index in [-0.39, 0.29) is 0 Å². The minimum atomic E-state index is 0.531. The van der Waals surface area contributed by atoms with Crippen molar-refractivity contribution < 1.29 is 0 Å². The predicted octanol–water partition coefficient (Wildman–Crippen LogP) is 9.10. The molecule has 0 bridgehead atoms. The summed E-state index contributed by atoms with van der Waals surface area (Å²) in [5.41, 5.74) is 21.5. The summed E-state index contributed by atoms with van der Waals surface area (Å²) in [4.78, 5) is 13.1. The van der Waals surface area contributed by atoms with Crippen LogP contribution in [0.2, 0.25) is 0 Å². The number of aryl methyl sites for hydroxylation is 6. The third-order valence-electron chi connectivity index (χ3n) is 12.4. The quantitative estimate of drug-likeness (QED) is 0.0590. The SMILES string of the molecule is C=C(N)c1cc2c3c(c1)nc(NC(=C)c1cc(C)nn1CC)n3C/C=C/Cn1c(NC(=C)c3cc(C)nn3CC)nc3cc(C(=C)NCCCN4CCCC4)cc(c31)CCCCC2. The molecule has 0 atom stereocenters. The molecule has 0 unspecified atom stereocenters. The number of aromatic nitrogens is 8. The van der Waals surface area contributed by atoms with Crippen LogP contribution in [-0.2, 0) is 39.0 Å².